The quantitative estimate of drug-likeness (QED) is 0.687. The van der Waals surface area contributed by atoms with Gasteiger partial charge in [-0.05, 0) is 69.0 Å². The predicted octanol–water partition coefficient (Wildman–Crippen LogP) is 4.27. The zero-order valence-corrected chi connectivity index (χ0v) is 18.2. The summed E-state index contributed by atoms with van der Waals surface area (Å²) in [5.41, 5.74) is 2.60. The topological polar surface area (TPSA) is 76.7 Å². The highest BCUT2D eigenvalue weighted by atomic mass is 35.5. The van der Waals surface area contributed by atoms with E-state index in [2.05, 4.69) is 10.6 Å². The van der Waals surface area contributed by atoms with Crippen LogP contribution in [0.2, 0.25) is 5.02 Å². The summed E-state index contributed by atoms with van der Waals surface area (Å²) < 4.78 is 11.3. The van der Waals surface area contributed by atoms with Gasteiger partial charge < -0.3 is 20.1 Å². The molecule has 0 unspecified atom stereocenters. The lowest BCUT2D eigenvalue weighted by atomic mass is 10.1. The molecule has 7 heteroatoms. The van der Waals surface area contributed by atoms with Crippen molar-refractivity contribution in [2.45, 2.75) is 45.8 Å². The molecule has 1 aliphatic heterocycles. The molecule has 0 bridgehead atoms. The first-order valence-electron chi connectivity index (χ1n) is 10.1. The van der Waals surface area contributed by atoms with Gasteiger partial charge in [0.1, 0.15) is 5.75 Å². The summed E-state index contributed by atoms with van der Waals surface area (Å²) >= 11 is 6.19. The van der Waals surface area contributed by atoms with Gasteiger partial charge in [0.05, 0.1) is 17.4 Å². The van der Waals surface area contributed by atoms with Crippen LogP contribution in [0.3, 0.4) is 0 Å². The van der Waals surface area contributed by atoms with Gasteiger partial charge in [-0.1, -0.05) is 23.7 Å². The van der Waals surface area contributed by atoms with Gasteiger partial charge in [0.25, 0.3) is 11.8 Å². The normalized spacial score (nSPS) is 16.7. The van der Waals surface area contributed by atoms with E-state index in [4.69, 9.17) is 21.1 Å². The molecule has 0 spiro atoms. The highest BCUT2D eigenvalue weighted by Crippen LogP contribution is 2.26. The Kier molecular flexibility index (Phi) is 7.34. The van der Waals surface area contributed by atoms with Gasteiger partial charge in [-0.25, -0.2) is 0 Å². The summed E-state index contributed by atoms with van der Waals surface area (Å²) in [6, 6.07) is 10.5. The Labute approximate surface area is 181 Å². The number of nitrogens with one attached hydrogen (secondary N) is 2. The Balaban J connectivity index is 1.63. The van der Waals surface area contributed by atoms with E-state index in [1.807, 2.05) is 13.8 Å². The SMILES string of the molecule is Cc1cc(O[C@@H](C)C(=O)Nc2ccccc2C(=O)NC[C@@H]2CCCO2)cc(C)c1Cl. The lowest BCUT2D eigenvalue weighted by Gasteiger charge is -2.18. The second-order valence-corrected chi connectivity index (χ2v) is 7.89. The lowest BCUT2D eigenvalue weighted by Crippen LogP contribution is -2.34. The van der Waals surface area contributed by atoms with Crippen molar-refractivity contribution in [3.63, 3.8) is 0 Å². The van der Waals surface area contributed by atoms with Crippen molar-refractivity contribution in [1.82, 2.24) is 5.32 Å². The highest BCUT2D eigenvalue weighted by molar-refractivity contribution is 6.32. The standard InChI is InChI=1S/C23H27ClN2O4/c1-14-11-18(12-15(2)21(14)24)30-16(3)22(27)26-20-9-5-4-8-19(20)23(28)25-13-17-7-6-10-29-17/h4-5,8-9,11-12,16-17H,6-7,10,13H2,1-3H3,(H,25,28)(H,26,27)/t16-,17-/m0/s1. The van der Waals surface area contributed by atoms with E-state index in [-0.39, 0.29) is 17.9 Å². The number of carbonyl (C=O) groups is 2. The minimum Gasteiger partial charge on any atom is -0.481 e. The number of amides is 2. The number of ether oxygens (including phenoxy) is 2. The van der Waals surface area contributed by atoms with E-state index in [1.165, 1.54) is 0 Å². The van der Waals surface area contributed by atoms with Crippen molar-refractivity contribution in [3.8, 4) is 5.75 Å². The summed E-state index contributed by atoms with van der Waals surface area (Å²) in [4.78, 5) is 25.3. The molecule has 0 aromatic heterocycles. The van der Waals surface area contributed by atoms with Crippen molar-refractivity contribution in [2.75, 3.05) is 18.5 Å². The van der Waals surface area contributed by atoms with Gasteiger partial charge in [0, 0.05) is 18.2 Å². The molecule has 0 aliphatic carbocycles. The van der Waals surface area contributed by atoms with Crippen LogP contribution in [0.4, 0.5) is 5.69 Å². The van der Waals surface area contributed by atoms with Gasteiger partial charge in [0.15, 0.2) is 6.10 Å². The number of halogens is 1. The third-order valence-electron chi connectivity index (χ3n) is 5.04. The largest absolute Gasteiger partial charge is 0.481 e. The van der Waals surface area contributed by atoms with Crippen molar-refractivity contribution >= 4 is 29.1 Å². The highest BCUT2D eigenvalue weighted by Gasteiger charge is 2.21. The Morgan fingerprint density at radius 2 is 1.93 bits per heavy atom. The number of hydrogen-bond acceptors (Lipinski definition) is 4. The molecular formula is C23H27ClN2O4. The smallest absolute Gasteiger partial charge is 0.265 e. The Morgan fingerprint density at radius 1 is 1.23 bits per heavy atom. The molecule has 1 saturated heterocycles. The van der Waals surface area contributed by atoms with Gasteiger partial charge in [-0.3, -0.25) is 9.59 Å². The number of para-hydroxylation sites is 1. The van der Waals surface area contributed by atoms with E-state index in [0.717, 1.165) is 30.6 Å². The number of hydrogen-bond donors (Lipinski definition) is 2. The van der Waals surface area contributed by atoms with Gasteiger partial charge in [-0.2, -0.15) is 0 Å². The summed E-state index contributed by atoms with van der Waals surface area (Å²) in [5, 5.41) is 6.36. The summed E-state index contributed by atoms with van der Waals surface area (Å²) in [7, 11) is 0. The van der Waals surface area contributed by atoms with E-state index < -0.39 is 6.10 Å². The Hall–Kier alpha value is -2.57. The van der Waals surface area contributed by atoms with Crippen LogP contribution >= 0.6 is 11.6 Å². The molecule has 2 aromatic carbocycles. The first-order chi connectivity index (χ1) is 14.3. The van der Waals surface area contributed by atoms with Crippen molar-refractivity contribution < 1.29 is 19.1 Å². The average Bonchev–Trinajstić information content (AvgIpc) is 3.24. The maximum atomic E-state index is 12.7. The molecule has 1 fully saturated rings. The van der Waals surface area contributed by atoms with E-state index in [1.54, 1.807) is 43.3 Å². The fraction of sp³-hybridized carbons (Fsp3) is 0.391. The van der Waals surface area contributed by atoms with E-state index in [0.29, 0.717) is 28.6 Å². The molecule has 1 aliphatic rings. The van der Waals surface area contributed by atoms with Crippen LogP contribution in [-0.2, 0) is 9.53 Å². The minimum atomic E-state index is -0.756. The molecule has 6 nitrogen and oxygen atoms in total. The molecule has 1 heterocycles. The second-order valence-electron chi connectivity index (χ2n) is 7.51. The Bertz CT molecular complexity index is 902. The fourth-order valence-electron chi connectivity index (χ4n) is 3.36. The van der Waals surface area contributed by atoms with E-state index in [9.17, 15) is 9.59 Å². The van der Waals surface area contributed by atoms with Crippen LogP contribution in [0.15, 0.2) is 36.4 Å². The van der Waals surface area contributed by atoms with Crippen molar-refractivity contribution in [1.29, 1.82) is 0 Å². The van der Waals surface area contributed by atoms with Crippen LogP contribution in [0, 0.1) is 13.8 Å². The molecule has 30 heavy (non-hydrogen) atoms. The number of benzene rings is 2. The van der Waals surface area contributed by atoms with Gasteiger partial charge >= 0.3 is 0 Å². The summed E-state index contributed by atoms with van der Waals surface area (Å²) in [5.74, 6) is -0.0294. The molecule has 2 amide bonds. The van der Waals surface area contributed by atoms with Crippen LogP contribution in [0.25, 0.3) is 0 Å². The molecular weight excluding hydrogens is 404 g/mol. The molecule has 2 aromatic rings. The molecule has 3 rings (SSSR count). The third kappa shape index (κ3) is 5.52. The predicted molar refractivity (Wildman–Crippen MR) is 117 cm³/mol. The first-order valence-corrected chi connectivity index (χ1v) is 10.5. The molecule has 2 atom stereocenters. The van der Waals surface area contributed by atoms with Crippen LogP contribution in [-0.4, -0.2) is 37.2 Å². The third-order valence-corrected chi connectivity index (χ3v) is 5.63. The van der Waals surface area contributed by atoms with Crippen molar-refractivity contribution in [2.24, 2.45) is 0 Å². The number of rotatable bonds is 7. The Morgan fingerprint density at radius 3 is 2.60 bits per heavy atom. The van der Waals surface area contributed by atoms with Crippen LogP contribution in [0.5, 0.6) is 5.75 Å². The van der Waals surface area contributed by atoms with Crippen LogP contribution < -0.4 is 15.4 Å². The molecule has 160 valence electrons. The van der Waals surface area contributed by atoms with Crippen molar-refractivity contribution in [3.05, 3.63) is 58.1 Å². The molecule has 0 radical (unpaired) electrons. The maximum absolute atomic E-state index is 12.7. The first kappa shape index (κ1) is 22.1. The lowest BCUT2D eigenvalue weighted by molar-refractivity contribution is -0.122. The molecule has 0 saturated carbocycles. The molecule has 2 N–H and O–H groups in total. The minimum absolute atomic E-state index is 0.0513. The average molecular weight is 431 g/mol. The summed E-state index contributed by atoms with van der Waals surface area (Å²) in [6.45, 7) is 6.62. The van der Waals surface area contributed by atoms with Gasteiger partial charge in [-0.15, -0.1) is 0 Å². The zero-order valence-electron chi connectivity index (χ0n) is 17.5. The maximum Gasteiger partial charge on any atom is 0.265 e. The summed E-state index contributed by atoms with van der Waals surface area (Å²) in [6.07, 6.45) is 1.25. The number of aryl methyl sites for hydroxylation is 2. The van der Waals surface area contributed by atoms with Gasteiger partial charge in [0.2, 0.25) is 0 Å². The second kappa shape index (κ2) is 9.96. The number of anilines is 1. The number of carbonyl (C=O) groups excluding carboxylic acids is 2. The monoisotopic (exact) mass is 430 g/mol. The zero-order chi connectivity index (χ0) is 21.7. The van der Waals surface area contributed by atoms with E-state index >= 15 is 0 Å². The van der Waals surface area contributed by atoms with Crippen LogP contribution in [0.1, 0.15) is 41.3 Å². The fourth-order valence-corrected chi connectivity index (χ4v) is 3.47.